The van der Waals surface area contributed by atoms with Crippen molar-refractivity contribution in [1.82, 2.24) is 4.90 Å². The summed E-state index contributed by atoms with van der Waals surface area (Å²) < 4.78 is 5.12. The van der Waals surface area contributed by atoms with Gasteiger partial charge in [-0.3, -0.25) is 4.79 Å². The molecule has 0 aliphatic carbocycles. The zero-order valence-electron chi connectivity index (χ0n) is 12.4. The van der Waals surface area contributed by atoms with Gasteiger partial charge in [-0.05, 0) is 42.5 Å². The Bertz CT molecular complexity index is 448. The van der Waals surface area contributed by atoms with Gasteiger partial charge in [-0.25, -0.2) is 0 Å². The zero-order valence-corrected chi connectivity index (χ0v) is 12.4. The van der Waals surface area contributed by atoms with Crippen molar-refractivity contribution in [3.63, 3.8) is 0 Å². The van der Waals surface area contributed by atoms with Gasteiger partial charge in [0.1, 0.15) is 5.75 Å². The fourth-order valence-corrected chi connectivity index (χ4v) is 2.53. The molecule has 0 radical (unpaired) electrons. The van der Waals surface area contributed by atoms with Crippen LogP contribution in [0.1, 0.15) is 25.3 Å². The maximum absolute atomic E-state index is 12.3. The van der Waals surface area contributed by atoms with Gasteiger partial charge in [-0.1, -0.05) is 19.1 Å². The van der Waals surface area contributed by atoms with Gasteiger partial charge < -0.3 is 15.4 Å². The summed E-state index contributed by atoms with van der Waals surface area (Å²) >= 11 is 0. The van der Waals surface area contributed by atoms with Crippen LogP contribution < -0.4 is 10.5 Å². The van der Waals surface area contributed by atoms with E-state index in [1.807, 2.05) is 29.2 Å². The van der Waals surface area contributed by atoms with Crippen molar-refractivity contribution in [2.75, 3.05) is 26.7 Å². The fourth-order valence-electron chi connectivity index (χ4n) is 2.53. The maximum atomic E-state index is 12.3. The molecule has 0 unspecified atom stereocenters. The lowest BCUT2D eigenvalue weighted by Gasteiger charge is -2.38. The molecule has 1 saturated heterocycles. The third kappa shape index (κ3) is 3.51. The van der Waals surface area contributed by atoms with E-state index in [0.717, 1.165) is 37.2 Å². The monoisotopic (exact) mass is 276 g/mol. The maximum Gasteiger partial charge on any atom is 0.226 e. The van der Waals surface area contributed by atoms with Crippen LogP contribution >= 0.6 is 0 Å². The van der Waals surface area contributed by atoms with Crippen LogP contribution in [0.3, 0.4) is 0 Å². The molecule has 2 N–H and O–H groups in total. The van der Waals surface area contributed by atoms with Gasteiger partial charge in [-0.15, -0.1) is 0 Å². The third-order valence-electron chi connectivity index (χ3n) is 4.33. The van der Waals surface area contributed by atoms with Gasteiger partial charge >= 0.3 is 0 Å². The van der Waals surface area contributed by atoms with E-state index in [1.165, 1.54) is 0 Å². The van der Waals surface area contributed by atoms with Gasteiger partial charge in [0, 0.05) is 13.1 Å². The molecule has 1 heterocycles. The Morgan fingerprint density at radius 2 is 1.90 bits per heavy atom. The lowest BCUT2D eigenvalue weighted by atomic mass is 9.80. The van der Waals surface area contributed by atoms with Gasteiger partial charge in [0.05, 0.1) is 13.5 Å². The van der Waals surface area contributed by atoms with E-state index in [4.69, 9.17) is 10.5 Å². The van der Waals surface area contributed by atoms with Crippen LogP contribution in [0, 0.1) is 5.41 Å². The first-order chi connectivity index (χ1) is 9.56. The van der Waals surface area contributed by atoms with Crippen molar-refractivity contribution < 1.29 is 9.53 Å². The highest BCUT2D eigenvalue weighted by atomic mass is 16.5. The zero-order chi connectivity index (χ0) is 14.6. The highest BCUT2D eigenvalue weighted by Crippen LogP contribution is 2.29. The van der Waals surface area contributed by atoms with Crippen molar-refractivity contribution in [2.45, 2.75) is 26.2 Å². The molecule has 0 bridgehead atoms. The van der Waals surface area contributed by atoms with Crippen LogP contribution in [0.2, 0.25) is 0 Å². The molecule has 1 aliphatic rings. The number of rotatable bonds is 4. The number of methoxy groups -OCH3 is 1. The number of nitrogens with zero attached hydrogens (tertiary/aromatic N) is 1. The average Bonchev–Trinajstić information content (AvgIpc) is 2.48. The third-order valence-corrected chi connectivity index (χ3v) is 4.33. The van der Waals surface area contributed by atoms with E-state index in [1.54, 1.807) is 7.11 Å². The van der Waals surface area contributed by atoms with Gasteiger partial charge in [-0.2, -0.15) is 0 Å². The number of hydrogen-bond acceptors (Lipinski definition) is 3. The second-order valence-electron chi connectivity index (χ2n) is 5.92. The van der Waals surface area contributed by atoms with Gasteiger partial charge in [0.25, 0.3) is 0 Å². The van der Waals surface area contributed by atoms with Crippen LogP contribution in [0.15, 0.2) is 24.3 Å². The summed E-state index contributed by atoms with van der Waals surface area (Å²) in [5.41, 5.74) is 7.03. The van der Waals surface area contributed by atoms with Crippen molar-refractivity contribution in [3.05, 3.63) is 29.8 Å². The number of carbonyl (C=O) groups is 1. The van der Waals surface area contributed by atoms with E-state index in [-0.39, 0.29) is 11.3 Å². The molecule has 4 nitrogen and oxygen atoms in total. The molecule has 1 amide bonds. The predicted molar refractivity (Wildman–Crippen MR) is 79.7 cm³/mol. The minimum Gasteiger partial charge on any atom is -0.497 e. The molecule has 2 rings (SSSR count). The largest absolute Gasteiger partial charge is 0.497 e. The highest BCUT2D eigenvalue weighted by Gasteiger charge is 2.30. The molecule has 1 fully saturated rings. The Morgan fingerprint density at radius 3 is 2.40 bits per heavy atom. The summed E-state index contributed by atoms with van der Waals surface area (Å²) in [5, 5.41) is 0. The normalized spacial score (nSPS) is 17.9. The fraction of sp³-hybridized carbons (Fsp3) is 0.562. The number of ether oxygens (including phenoxy) is 1. The van der Waals surface area contributed by atoms with Crippen molar-refractivity contribution >= 4 is 5.91 Å². The van der Waals surface area contributed by atoms with Crippen LogP contribution in [-0.2, 0) is 11.2 Å². The first kappa shape index (κ1) is 14.9. The Kier molecular flexibility index (Phi) is 4.65. The number of hydrogen-bond donors (Lipinski definition) is 1. The second kappa shape index (κ2) is 6.27. The predicted octanol–water partition coefficient (Wildman–Crippen LogP) is 1.83. The molecule has 110 valence electrons. The quantitative estimate of drug-likeness (QED) is 0.912. The second-order valence-corrected chi connectivity index (χ2v) is 5.92. The number of nitrogens with two attached hydrogens (primary N) is 1. The van der Waals surface area contributed by atoms with E-state index < -0.39 is 0 Å². The van der Waals surface area contributed by atoms with Gasteiger partial charge in [0.15, 0.2) is 0 Å². The molecule has 0 aromatic heterocycles. The molecule has 1 aromatic rings. The summed E-state index contributed by atoms with van der Waals surface area (Å²) in [7, 11) is 1.64. The Balaban J connectivity index is 1.89. The molecule has 1 aromatic carbocycles. The van der Waals surface area contributed by atoms with E-state index in [9.17, 15) is 4.79 Å². The molecule has 4 heteroatoms. The lowest BCUT2D eigenvalue weighted by Crippen LogP contribution is -2.45. The minimum atomic E-state index is 0.203. The van der Waals surface area contributed by atoms with E-state index in [2.05, 4.69) is 6.92 Å². The SMILES string of the molecule is COc1ccc(CC(=O)N2CCC(C)(CN)CC2)cc1. The Labute approximate surface area is 120 Å². The van der Waals surface area contributed by atoms with Crippen molar-refractivity contribution in [3.8, 4) is 5.75 Å². The summed E-state index contributed by atoms with van der Waals surface area (Å²) in [6.45, 7) is 4.55. The molecule has 0 spiro atoms. The van der Waals surface area contributed by atoms with Crippen molar-refractivity contribution in [1.29, 1.82) is 0 Å². The lowest BCUT2D eigenvalue weighted by molar-refractivity contribution is -0.132. The molecule has 0 atom stereocenters. The van der Waals surface area contributed by atoms with Crippen LogP contribution in [0.4, 0.5) is 0 Å². The standard InChI is InChI=1S/C16H24N2O2/c1-16(12-17)7-9-18(10-8-16)15(19)11-13-3-5-14(20-2)6-4-13/h3-6H,7-12,17H2,1-2H3. The van der Waals surface area contributed by atoms with Gasteiger partial charge in [0.2, 0.25) is 5.91 Å². The van der Waals surface area contributed by atoms with E-state index >= 15 is 0 Å². The van der Waals surface area contributed by atoms with Crippen molar-refractivity contribution in [2.24, 2.45) is 11.1 Å². The smallest absolute Gasteiger partial charge is 0.226 e. The number of piperidine rings is 1. The first-order valence-corrected chi connectivity index (χ1v) is 7.17. The summed E-state index contributed by atoms with van der Waals surface area (Å²) in [4.78, 5) is 14.2. The number of likely N-dealkylation sites (tertiary alicyclic amines) is 1. The summed E-state index contributed by atoms with van der Waals surface area (Å²) in [6.07, 6.45) is 2.46. The van der Waals surface area contributed by atoms with Crippen LogP contribution in [-0.4, -0.2) is 37.6 Å². The number of amides is 1. The minimum absolute atomic E-state index is 0.203. The topological polar surface area (TPSA) is 55.6 Å². The Hall–Kier alpha value is -1.55. The summed E-state index contributed by atoms with van der Waals surface area (Å²) in [6, 6.07) is 7.68. The van der Waals surface area contributed by atoms with Crippen LogP contribution in [0.25, 0.3) is 0 Å². The average molecular weight is 276 g/mol. The summed E-state index contributed by atoms with van der Waals surface area (Å²) in [5.74, 6) is 1.02. The molecule has 20 heavy (non-hydrogen) atoms. The first-order valence-electron chi connectivity index (χ1n) is 7.17. The molecule has 0 saturated carbocycles. The van der Waals surface area contributed by atoms with Crippen LogP contribution in [0.5, 0.6) is 5.75 Å². The highest BCUT2D eigenvalue weighted by molar-refractivity contribution is 5.78. The molecule has 1 aliphatic heterocycles. The number of carbonyl (C=O) groups excluding carboxylic acids is 1. The molecular weight excluding hydrogens is 252 g/mol. The molecular formula is C16H24N2O2. The number of benzene rings is 1. The Morgan fingerprint density at radius 1 is 1.30 bits per heavy atom. The van der Waals surface area contributed by atoms with E-state index in [0.29, 0.717) is 13.0 Å².